The van der Waals surface area contributed by atoms with E-state index in [1.807, 2.05) is 45.3 Å². The highest BCUT2D eigenvalue weighted by molar-refractivity contribution is 7.13. The number of hydrogen-bond donors (Lipinski definition) is 0. The van der Waals surface area contributed by atoms with Gasteiger partial charge in [0.2, 0.25) is 0 Å². The molecule has 1 aliphatic rings. The number of carbonyl (C=O) groups is 1. The summed E-state index contributed by atoms with van der Waals surface area (Å²) in [5.41, 5.74) is 2.87. The van der Waals surface area contributed by atoms with Gasteiger partial charge in [-0.15, -0.1) is 11.3 Å². The number of carbonyl (C=O) groups excluding carboxylic acids is 1. The molecule has 4 aromatic rings. The number of aromatic nitrogens is 3. The Bertz CT molecular complexity index is 1300. The van der Waals surface area contributed by atoms with Crippen molar-refractivity contribution in [3.8, 4) is 10.6 Å². The Morgan fingerprint density at radius 1 is 1.12 bits per heavy atom. The Kier molecular flexibility index (Phi) is 6.43. The minimum Gasteiger partial charge on any atom is -0.337 e. The van der Waals surface area contributed by atoms with Gasteiger partial charge in [0.25, 0.3) is 5.91 Å². The average Bonchev–Trinajstić information content (AvgIpc) is 3.46. The maximum Gasteiger partial charge on any atom is 0.254 e. The summed E-state index contributed by atoms with van der Waals surface area (Å²) in [6.07, 6.45) is 2.60. The zero-order valence-corrected chi connectivity index (χ0v) is 20.3. The van der Waals surface area contributed by atoms with Gasteiger partial charge in [-0.25, -0.2) is 14.1 Å². The van der Waals surface area contributed by atoms with Crippen molar-refractivity contribution in [3.63, 3.8) is 0 Å². The van der Waals surface area contributed by atoms with E-state index in [1.54, 1.807) is 23.6 Å². The Balaban J connectivity index is 1.42. The molecule has 0 bridgehead atoms. The fraction of sp³-hybridized carbons (Fsp3) is 0.346. The van der Waals surface area contributed by atoms with Gasteiger partial charge in [-0.3, -0.25) is 9.69 Å². The van der Waals surface area contributed by atoms with Gasteiger partial charge in [-0.1, -0.05) is 24.3 Å². The number of nitrogens with zero attached hydrogens (tertiary/aromatic N) is 5. The number of thiophene rings is 1. The normalized spacial score (nSPS) is 15.2. The summed E-state index contributed by atoms with van der Waals surface area (Å²) in [4.78, 5) is 23.8. The van der Waals surface area contributed by atoms with Crippen molar-refractivity contribution >= 4 is 28.3 Å². The monoisotopic (exact) mass is 477 g/mol. The zero-order chi connectivity index (χ0) is 23.7. The molecule has 4 heterocycles. The van der Waals surface area contributed by atoms with E-state index in [0.717, 1.165) is 34.6 Å². The summed E-state index contributed by atoms with van der Waals surface area (Å²) < 4.78 is 16.0. The first-order valence-electron chi connectivity index (χ1n) is 11.7. The highest BCUT2D eigenvalue weighted by Gasteiger charge is 2.25. The molecule has 0 N–H and O–H groups in total. The third-order valence-corrected chi connectivity index (χ3v) is 7.18. The highest BCUT2D eigenvalue weighted by Crippen LogP contribution is 2.30. The van der Waals surface area contributed by atoms with Crippen LogP contribution in [0.25, 0.3) is 21.6 Å². The molecule has 0 spiro atoms. The molecule has 0 saturated carbocycles. The second kappa shape index (κ2) is 9.64. The predicted molar refractivity (Wildman–Crippen MR) is 133 cm³/mol. The molecule has 1 aliphatic heterocycles. The topological polar surface area (TPSA) is 54.3 Å². The summed E-state index contributed by atoms with van der Waals surface area (Å²) >= 11 is 1.61. The van der Waals surface area contributed by atoms with E-state index in [0.29, 0.717) is 37.3 Å². The molecule has 1 aromatic carbocycles. The van der Waals surface area contributed by atoms with Gasteiger partial charge >= 0.3 is 0 Å². The fourth-order valence-electron chi connectivity index (χ4n) is 4.49. The molecule has 176 valence electrons. The predicted octanol–water partition coefficient (Wildman–Crippen LogP) is 5.23. The summed E-state index contributed by atoms with van der Waals surface area (Å²) in [5, 5.41) is 7.33. The minimum absolute atomic E-state index is 0.00116. The Hall–Kier alpha value is -3.10. The molecule has 0 unspecified atom stereocenters. The third-order valence-electron chi connectivity index (χ3n) is 6.29. The van der Waals surface area contributed by atoms with Crippen molar-refractivity contribution in [1.29, 1.82) is 0 Å². The molecule has 34 heavy (non-hydrogen) atoms. The lowest BCUT2D eigenvalue weighted by molar-refractivity contribution is 0.0763. The van der Waals surface area contributed by atoms with E-state index in [1.165, 1.54) is 6.07 Å². The van der Waals surface area contributed by atoms with Gasteiger partial charge in [0.1, 0.15) is 5.82 Å². The number of fused-ring (bicyclic) bond motifs is 1. The van der Waals surface area contributed by atoms with Crippen LogP contribution in [0.1, 0.15) is 42.2 Å². The number of amides is 1. The van der Waals surface area contributed by atoms with E-state index in [9.17, 15) is 9.18 Å². The summed E-state index contributed by atoms with van der Waals surface area (Å²) in [6, 6.07) is 13.0. The molecule has 8 heteroatoms. The van der Waals surface area contributed by atoms with Crippen LogP contribution in [0.3, 0.4) is 0 Å². The van der Waals surface area contributed by atoms with Crippen LogP contribution in [0.5, 0.6) is 0 Å². The fourth-order valence-corrected chi connectivity index (χ4v) is 5.18. The van der Waals surface area contributed by atoms with E-state index in [-0.39, 0.29) is 17.8 Å². The van der Waals surface area contributed by atoms with E-state index in [2.05, 4.69) is 23.8 Å². The molecule has 1 saturated heterocycles. The van der Waals surface area contributed by atoms with Gasteiger partial charge in [0.05, 0.1) is 27.7 Å². The number of benzene rings is 1. The van der Waals surface area contributed by atoms with Crippen LogP contribution < -0.4 is 0 Å². The first-order valence-corrected chi connectivity index (χ1v) is 12.6. The van der Waals surface area contributed by atoms with Gasteiger partial charge < -0.3 is 4.90 Å². The van der Waals surface area contributed by atoms with Crippen LogP contribution in [-0.2, 0) is 6.54 Å². The van der Waals surface area contributed by atoms with Crippen LogP contribution in [0.2, 0.25) is 0 Å². The molecule has 0 atom stereocenters. The molecule has 5 rings (SSSR count). The largest absolute Gasteiger partial charge is 0.337 e. The number of halogens is 1. The van der Waals surface area contributed by atoms with Gasteiger partial charge in [0, 0.05) is 44.3 Å². The molecule has 1 fully saturated rings. The number of hydrogen-bond acceptors (Lipinski definition) is 5. The molecule has 1 amide bonds. The molecular formula is C26H28FN5OS. The lowest BCUT2D eigenvalue weighted by Crippen LogP contribution is -2.35. The summed E-state index contributed by atoms with van der Waals surface area (Å²) in [5.74, 6) is -0.177. The highest BCUT2D eigenvalue weighted by atomic mass is 32.1. The van der Waals surface area contributed by atoms with Gasteiger partial charge in [0.15, 0.2) is 5.65 Å². The second-order valence-corrected chi connectivity index (χ2v) is 9.91. The van der Waals surface area contributed by atoms with Crippen LogP contribution in [0.4, 0.5) is 4.39 Å². The van der Waals surface area contributed by atoms with Crippen molar-refractivity contribution in [2.75, 3.05) is 26.2 Å². The van der Waals surface area contributed by atoms with Crippen molar-refractivity contribution in [3.05, 3.63) is 71.0 Å². The van der Waals surface area contributed by atoms with Crippen molar-refractivity contribution in [2.45, 2.75) is 32.9 Å². The van der Waals surface area contributed by atoms with E-state index in [4.69, 9.17) is 4.98 Å². The van der Waals surface area contributed by atoms with Crippen LogP contribution in [0.15, 0.2) is 54.0 Å². The average molecular weight is 478 g/mol. The first-order chi connectivity index (χ1) is 16.5. The Labute approximate surface area is 202 Å². The first kappa shape index (κ1) is 22.7. The quantitative estimate of drug-likeness (QED) is 0.395. The lowest BCUT2D eigenvalue weighted by Gasteiger charge is -2.22. The maximum atomic E-state index is 14.1. The van der Waals surface area contributed by atoms with Crippen molar-refractivity contribution < 1.29 is 9.18 Å². The van der Waals surface area contributed by atoms with Gasteiger partial charge in [-0.2, -0.15) is 5.10 Å². The van der Waals surface area contributed by atoms with Crippen molar-refractivity contribution in [1.82, 2.24) is 24.6 Å². The van der Waals surface area contributed by atoms with E-state index >= 15 is 0 Å². The number of rotatable bonds is 5. The van der Waals surface area contributed by atoms with Crippen molar-refractivity contribution in [2.24, 2.45) is 0 Å². The Morgan fingerprint density at radius 2 is 1.97 bits per heavy atom. The Morgan fingerprint density at radius 3 is 2.74 bits per heavy atom. The second-order valence-electron chi connectivity index (χ2n) is 8.97. The van der Waals surface area contributed by atoms with Crippen LogP contribution in [-0.4, -0.2) is 56.7 Å². The van der Waals surface area contributed by atoms with Crippen LogP contribution >= 0.6 is 11.3 Å². The third kappa shape index (κ3) is 4.48. The molecule has 0 radical (unpaired) electrons. The standard InChI is InChI=1S/C26H28FN5OS/c1-18(2)32-25-21(16-28-32)20(15-23(29-25)24-9-5-14-34-24)26(33)31-11-6-10-30(12-13-31)17-19-7-3-4-8-22(19)27/h3-5,7-9,14-16,18H,6,10-13,17H2,1-2H3. The SMILES string of the molecule is CC(C)n1ncc2c(C(=O)N3CCCN(Cc4ccccc4F)CC3)cc(-c3cccs3)nc21. The van der Waals surface area contributed by atoms with Gasteiger partial charge in [-0.05, 0) is 43.8 Å². The minimum atomic E-state index is -0.179. The smallest absolute Gasteiger partial charge is 0.254 e. The van der Waals surface area contributed by atoms with Crippen LogP contribution in [0, 0.1) is 5.82 Å². The molecule has 3 aromatic heterocycles. The number of pyridine rings is 1. The lowest BCUT2D eigenvalue weighted by atomic mass is 10.1. The summed E-state index contributed by atoms with van der Waals surface area (Å²) in [7, 11) is 0. The molecule has 6 nitrogen and oxygen atoms in total. The molecular weight excluding hydrogens is 449 g/mol. The zero-order valence-electron chi connectivity index (χ0n) is 19.4. The molecule has 0 aliphatic carbocycles. The van der Waals surface area contributed by atoms with E-state index < -0.39 is 0 Å². The maximum absolute atomic E-state index is 14.1. The summed E-state index contributed by atoms with van der Waals surface area (Å²) in [6.45, 7) is 7.48.